The quantitative estimate of drug-likeness (QED) is 0.375. The molecule has 0 radical (unpaired) electrons. The Kier molecular flexibility index (Phi) is 6.40. The molecule has 2 amide bonds. The van der Waals surface area contributed by atoms with Crippen molar-refractivity contribution in [1.82, 2.24) is 9.97 Å². The van der Waals surface area contributed by atoms with Gasteiger partial charge in [-0.05, 0) is 55.0 Å². The lowest BCUT2D eigenvalue weighted by Crippen LogP contribution is -2.13. The number of nitrogens with zero attached hydrogens (tertiary/aromatic N) is 2. The molecule has 0 aliphatic rings. The van der Waals surface area contributed by atoms with E-state index < -0.39 is 0 Å². The highest BCUT2D eigenvalue weighted by Crippen LogP contribution is 2.23. The maximum atomic E-state index is 12.6. The van der Waals surface area contributed by atoms with Crippen LogP contribution in [0.1, 0.15) is 22.8 Å². The first-order chi connectivity index (χ1) is 16.0. The van der Waals surface area contributed by atoms with Crippen LogP contribution in [0.3, 0.4) is 0 Å². The molecule has 4 rings (SSSR count). The second kappa shape index (κ2) is 9.74. The molecule has 0 saturated heterocycles. The van der Waals surface area contributed by atoms with Crippen molar-refractivity contribution in [3.63, 3.8) is 0 Å². The summed E-state index contributed by atoms with van der Waals surface area (Å²) < 4.78 is 0. The average Bonchev–Trinajstić information content (AvgIpc) is 2.80. The molecule has 0 fully saturated rings. The van der Waals surface area contributed by atoms with Crippen molar-refractivity contribution in [2.75, 3.05) is 16.0 Å². The van der Waals surface area contributed by atoms with Gasteiger partial charge in [-0.1, -0.05) is 36.4 Å². The Balaban J connectivity index is 1.48. The van der Waals surface area contributed by atoms with Gasteiger partial charge in [0.2, 0.25) is 11.9 Å². The van der Waals surface area contributed by atoms with Gasteiger partial charge in [-0.15, -0.1) is 0 Å². The van der Waals surface area contributed by atoms with Gasteiger partial charge in [-0.3, -0.25) is 9.59 Å². The zero-order valence-electron chi connectivity index (χ0n) is 18.3. The van der Waals surface area contributed by atoms with E-state index in [0.29, 0.717) is 17.2 Å². The van der Waals surface area contributed by atoms with E-state index in [1.165, 1.54) is 6.92 Å². The first kappa shape index (κ1) is 21.7. The molecule has 0 saturated carbocycles. The number of aryl methyl sites for hydroxylation is 1. The Morgan fingerprint density at radius 3 is 2.30 bits per heavy atom. The fraction of sp³-hybridized carbons (Fsp3) is 0.0769. The average molecular weight is 438 g/mol. The van der Waals surface area contributed by atoms with Gasteiger partial charge in [0.05, 0.1) is 5.69 Å². The molecule has 33 heavy (non-hydrogen) atoms. The Hall–Kier alpha value is -4.52. The van der Waals surface area contributed by atoms with Crippen LogP contribution in [-0.2, 0) is 4.79 Å². The number of hydrogen-bond donors (Lipinski definition) is 3. The van der Waals surface area contributed by atoms with Crippen molar-refractivity contribution in [3.8, 4) is 11.3 Å². The third kappa shape index (κ3) is 5.59. The maximum absolute atomic E-state index is 12.6. The van der Waals surface area contributed by atoms with Crippen molar-refractivity contribution in [3.05, 3.63) is 96.2 Å². The van der Waals surface area contributed by atoms with Crippen LogP contribution in [0.25, 0.3) is 11.3 Å². The Labute approximate surface area is 191 Å². The van der Waals surface area contributed by atoms with Crippen LogP contribution in [0.5, 0.6) is 0 Å². The van der Waals surface area contributed by atoms with E-state index in [1.54, 1.807) is 12.3 Å². The number of aromatic nitrogens is 2. The summed E-state index contributed by atoms with van der Waals surface area (Å²) in [5.41, 5.74) is 5.33. The molecule has 7 heteroatoms. The van der Waals surface area contributed by atoms with Gasteiger partial charge in [0.25, 0.3) is 5.91 Å². The summed E-state index contributed by atoms with van der Waals surface area (Å²) in [6, 6.07) is 24.1. The third-order valence-corrected chi connectivity index (χ3v) is 4.92. The van der Waals surface area contributed by atoms with E-state index in [-0.39, 0.29) is 11.8 Å². The molecule has 3 aromatic carbocycles. The van der Waals surface area contributed by atoms with Gasteiger partial charge in [-0.25, -0.2) is 9.97 Å². The fourth-order valence-electron chi connectivity index (χ4n) is 3.34. The monoisotopic (exact) mass is 437 g/mol. The topological polar surface area (TPSA) is 96.0 Å². The smallest absolute Gasteiger partial charge is 0.255 e. The minimum Gasteiger partial charge on any atom is -0.326 e. The largest absolute Gasteiger partial charge is 0.326 e. The molecule has 0 atom stereocenters. The molecule has 0 bridgehead atoms. The minimum absolute atomic E-state index is 0.117. The van der Waals surface area contributed by atoms with Crippen LogP contribution in [0, 0.1) is 6.92 Å². The normalized spacial score (nSPS) is 10.4. The second-order valence-corrected chi connectivity index (χ2v) is 7.50. The summed E-state index contributed by atoms with van der Waals surface area (Å²) in [6.45, 7) is 3.38. The summed E-state index contributed by atoms with van der Waals surface area (Å²) in [4.78, 5) is 32.7. The number of hydrogen-bond acceptors (Lipinski definition) is 5. The van der Waals surface area contributed by atoms with Crippen molar-refractivity contribution < 1.29 is 9.59 Å². The van der Waals surface area contributed by atoms with Gasteiger partial charge in [0.1, 0.15) is 0 Å². The standard InChI is InChI=1S/C26H23N5O2/c1-17-6-3-4-9-23(17)25(33)29-21-7-5-8-22(16-21)30-26-27-15-14-24(31-26)19-10-12-20(13-11-19)28-18(2)32/h3-16H,1-2H3,(H,28,32)(H,29,33)(H,27,30,31). The molecular formula is C26H23N5O2. The fourth-order valence-corrected chi connectivity index (χ4v) is 3.34. The molecule has 0 unspecified atom stereocenters. The molecule has 4 aromatic rings. The maximum Gasteiger partial charge on any atom is 0.255 e. The lowest BCUT2D eigenvalue weighted by molar-refractivity contribution is -0.114. The zero-order chi connectivity index (χ0) is 23.2. The second-order valence-electron chi connectivity index (χ2n) is 7.50. The number of carbonyl (C=O) groups excluding carboxylic acids is 2. The van der Waals surface area contributed by atoms with Crippen LogP contribution in [-0.4, -0.2) is 21.8 Å². The van der Waals surface area contributed by atoms with E-state index in [1.807, 2.05) is 79.7 Å². The third-order valence-electron chi connectivity index (χ3n) is 4.92. The Bertz CT molecular complexity index is 1300. The molecule has 0 spiro atoms. The van der Waals surface area contributed by atoms with Gasteiger partial charge in [-0.2, -0.15) is 0 Å². The van der Waals surface area contributed by atoms with Crippen LogP contribution < -0.4 is 16.0 Å². The number of carbonyl (C=O) groups is 2. The van der Waals surface area contributed by atoms with Crippen LogP contribution >= 0.6 is 0 Å². The van der Waals surface area contributed by atoms with Crippen molar-refractivity contribution in [2.24, 2.45) is 0 Å². The molecule has 0 aliphatic carbocycles. The predicted molar refractivity (Wildman–Crippen MR) is 131 cm³/mol. The Morgan fingerprint density at radius 1 is 0.788 bits per heavy atom. The highest BCUT2D eigenvalue weighted by atomic mass is 16.2. The van der Waals surface area contributed by atoms with E-state index >= 15 is 0 Å². The highest BCUT2D eigenvalue weighted by Gasteiger charge is 2.09. The summed E-state index contributed by atoms with van der Waals surface area (Å²) in [7, 11) is 0. The summed E-state index contributed by atoms with van der Waals surface area (Å²) >= 11 is 0. The first-order valence-corrected chi connectivity index (χ1v) is 10.4. The number of amides is 2. The molecule has 3 N–H and O–H groups in total. The van der Waals surface area contributed by atoms with E-state index in [2.05, 4.69) is 25.9 Å². The van der Waals surface area contributed by atoms with Crippen LogP contribution in [0.2, 0.25) is 0 Å². The molecular weight excluding hydrogens is 414 g/mol. The first-order valence-electron chi connectivity index (χ1n) is 10.4. The lowest BCUT2D eigenvalue weighted by atomic mass is 10.1. The predicted octanol–water partition coefficient (Wildman–Crippen LogP) is 5.41. The Morgan fingerprint density at radius 2 is 1.55 bits per heavy atom. The number of nitrogens with one attached hydrogen (secondary N) is 3. The van der Waals surface area contributed by atoms with Crippen LogP contribution in [0.15, 0.2) is 85.1 Å². The summed E-state index contributed by atoms with van der Waals surface area (Å²) in [6.07, 6.45) is 1.68. The number of rotatable bonds is 6. The van der Waals surface area contributed by atoms with E-state index in [0.717, 1.165) is 28.2 Å². The summed E-state index contributed by atoms with van der Waals surface area (Å²) in [5.74, 6) is 0.153. The SMILES string of the molecule is CC(=O)Nc1ccc(-c2ccnc(Nc3cccc(NC(=O)c4ccccc4C)c3)n2)cc1. The van der Waals surface area contributed by atoms with Crippen molar-refractivity contribution in [1.29, 1.82) is 0 Å². The zero-order valence-corrected chi connectivity index (χ0v) is 18.3. The lowest BCUT2D eigenvalue weighted by Gasteiger charge is -2.11. The van der Waals surface area contributed by atoms with Crippen molar-refractivity contribution in [2.45, 2.75) is 13.8 Å². The van der Waals surface area contributed by atoms with Crippen LogP contribution in [0.4, 0.5) is 23.0 Å². The van der Waals surface area contributed by atoms with E-state index in [9.17, 15) is 9.59 Å². The summed E-state index contributed by atoms with van der Waals surface area (Å²) in [5, 5.41) is 8.86. The van der Waals surface area contributed by atoms with Gasteiger partial charge < -0.3 is 16.0 Å². The molecule has 0 aliphatic heterocycles. The molecule has 1 heterocycles. The van der Waals surface area contributed by atoms with Gasteiger partial charge in [0.15, 0.2) is 0 Å². The minimum atomic E-state index is -0.161. The number of benzene rings is 3. The number of anilines is 4. The molecule has 1 aromatic heterocycles. The van der Waals surface area contributed by atoms with Gasteiger partial charge in [0, 0.05) is 41.3 Å². The van der Waals surface area contributed by atoms with Gasteiger partial charge >= 0.3 is 0 Å². The highest BCUT2D eigenvalue weighted by molar-refractivity contribution is 6.05. The van der Waals surface area contributed by atoms with E-state index in [4.69, 9.17) is 0 Å². The van der Waals surface area contributed by atoms with Crippen molar-refractivity contribution >= 4 is 34.8 Å². The molecule has 164 valence electrons. The molecule has 7 nitrogen and oxygen atoms in total.